The lowest BCUT2D eigenvalue weighted by molar-refractivity contribution is -0.127. The predicted octanol–water partition coefficient (Wildman–Crippen LogP) is 1.00. The first kappa shape index (κ1) is 9.52. The summed E-state index contributed by atoms with van der Waals surface area (Å²) < 4.78 is 26.5. The number of nitrogens with one attached hydrogen (secondary N) is 1. The molecular weight excluding hydrogens is 140 g/mol. The Bertz CT molecular complexity index is 87.8. The van der Waals surface area contributed by atoms with Crippen LogP contribution >= 0.6 is 0 Å². The number of hydrogen-bond acceptors (Lipinski definition) is 2. The summed E-state index contributed by atoms with van der Waals surface area (Å²) in [4.78, 5) is 0. The second kappa shape index (κ2) is 6.64. The average Bonchev–Trinajstić information content (AvgIpc) is 1.87. The first-order valence-electron chi connectivity index (χ1n) is 2.98. The summed E-state index contributed by atoms with van der Waals surface area (Å²) in [6.07, 6.45) is 1.66. The molecule has 0 bridgehead atoms. The van der Waals surface area contributed by atoms with Crippen molar-refractivity contribution in [1.82, 2.24) is 5.32 Å². The third-order valence-electron chi connectivity index (χ3n) is 0.811. The molecule has 0 spiro atoms. The van der Waals surface area contributed by atoms with Crippen molar-refractivity contribution < 1.29 is 13.5 Å². The van der Waals surface area contributed by atoms with E-state index in [1.165, 1.54) is 0 Å². The molecule has 10 heavy (non-hydrogen) atoms. The summed E-state index contributed by atoms with van der Waals surface area (Å²) in [6, 6.07) is 0. The van der Waals surface area contributed by atoms with Gasteiger partial charge in [0.15, 0.2) is 0 Å². The van der Waals surface area contributed by atoms with Crippen molar-refractivity contribution in [1.29, 1.82) is 0 Å². The van der Waals surface area contributed by atoms with Crippen LogP contribution in [0.25, 0.3) is 0 Å². The van der Waals surface area contributed by atoms with E-state index >= 15 is 0 Å². The van der Waals surface area contributed by atoms with E-state index in [9.17, 15) is 8.78 Å². The van der Waals surface area contributed by atoms with Gasteiger partial charge in [-0.05, 0) is 0 Å². The predicted molar refractivity (Wildman–Crippen MR) is 35.0 cm³/mol. The molecule has 1 N–H and O–H groups in total. The van der Waals surface area contributed by atoms with Crippen molar-refractivity contribution in [2.24, 2.45) is 0 Å². The Hall–Kier alpha value is -0.480. The normalized spacial score (nSPS) is 10.3. The van der Waals surface area contributed by atoms with Gasteiger partial charge in [0.25, 0.3) is 0 Å². The molecule has 4 heteroatoms. The Morgan fingerprint density at radius 3 is 2.80 bits per heavy atom. The Balaban J connectivity index is 2.83. The number of ether oxygens (including phenoxy) is 1. The number of rotatable bonds is 6. The highest BCUT2D eigenvalue weighted by atomic mass is 19.3. The maximum absolute atomic E-state index is 11.3. The van der Waals surface area contributed by atoms with Crippen molar-refractivity contribution in [3.05, 3.63) is 12.7 Å². The fraction of sp³-hybridized carbons (Fsp3) is 0.667. The van der Waals surface area contributed by atoms with Crippen LogP contribution in [0.4, 0.5) is 8.78 Å². The van der Waals surface area contributed by atoms with E-state index in [1.807, 2.05) is 0 Å². The quantitative estimate of drug-likeness (QED) is 0.451. The summed E-state index contributed by atoms with van der Waals surface area (Å²) >= 11 is 0. The third-order valence-corrected chi connectivity index (χ3v) is 0.811. The fourth-order valence-corrected chi connectivity index (χ4v) is 0.424. The molecule has 0 aliphatic rings. The van der Waals surface area contributed by atoms with Gasteiger partial charge in [-0.2, -0.15) is 8.78 Å². The number of alkyl halides is 2. The Morgan fingerprint density at radius 2 is 2.30 bits per heavy atom. The number of halogens is 2. The maximum Gasteiger partial charge on any atom is 0.345 e. The standard InChI is InChI=1S/C6H11F2NO/c1-2-3-9-4-5-10-6(7)8/h2,6,9H,1,3-5H2. The SMILES string of the molecule is C=CCNCCOC(F)F. The van der Waals surface area contributed by atoms with Crippen LogP contribution in [0.3, 0.4) is 0 Å². The first-order chi connectivity index (χ1) is 4.77. The average molecular weight is 151 g/mol. The smallest absolute Gasteiger partial charge is 0.322 e. The molecule has 2 nitrogen and oxygen atoms in total. The maximum atomic E-state index is 11.3. The van der Waals surface area contributed by atoms with Crippen LogP contribution in [0.1, 0.15) is 0 Å². The van der Waals surface area contributed by atoms with Crippen molar-refractivity contribution in [2.45, 2.75) is 6.61 Å². The van der Waals surface area contributed by atoms with Gasteiger partial charge >= 0.3 is 6.61 Å². The topological polar surface area (TPSA) is 21.3 Å². The van der Waals surface area contributed by atoms with Crippen molar-refractivity contribution in [3.8, 4) is 0 Å². The van der Waals surface area contributed by atoms with Crippen LogP contribution in [0.2, 0.25) is 0 Å². The molecule has 0 saturated carbocycles. The summed E-state index contributed by atoms with van der Waals surface area (Å²) in [5.74, 6) is 0. The van der Waals surface area contributed by atoms with Crippen LogP contribution < -0.4 is 5.32 Å². The van der Waals surface area contributed by atoms with Crippen molar-refractivity contribution in [2.75, 3.05) is 19.7 Å². The van der Waals surface area contributed by atoms with Gasteiger partial charge in [-0.1, -0.05) is 6.08 Å². The van der Waals surface area contributed by atoms with E-state index in [-0.39, 0.29) is 6.61 Å². The van der Waals surface area contributed by atoms with Crippen LogP contribution in [0.15, 0.2) is 12.7 Å². The lowest BCUT2D eigenvalue weighted by Gasteiger charge is -2.01. The molecular formula is C6H11F2NO. The molecule has 0 aliphatic carbocycles. The summed E-state index contributed by atoms with van der Waals surface area (Å²) in [5.41, 5.74) is 0. The largest absolute Gasteiger partial charge is 0.345 e. The van der Waals surface area contributed by atoms with Gasteiger partial charge in [0.05, 0.1) is 6.61 Å². The van der Waals surface area contributed by atoms with Crippen molar-refractivity contribution >= 4 is 0 Å². The zero-order valence-corrected chi connectivity index (χ0v) is 5.65. The molecule has 0 saturated heterocycles. The monoisotopic (exact) mass is 151 g/mol. The van der Waals surface area contributed by atoms with E-state index in [0.717, 1.165) is 0 Å². The van der Waals surface area contributed by atoms with Crippen LogP contribution in [-0.2, 0) is 4.74 Å². The van der Waals surface area contributed by atoms with Gasteiger partial charge in [0.1, 0.15) is 0 Å². The molecule has 0 unspecified atom stereocenters. The van der Waals surface area contributed by atoms with Crippen LogP contribution in [-0.4, -0.2) is 26.3 Å². The van der Waals surface area contributed by atoms with E-state index in [1.54, 1.807) is 6.08 Å². The van der Waals surface area contributed by atoms with Gasteiger partial charge < -0.3 is 10.1 Å². The zero-order chi connectivity index (χ0) is 7.82. The summed E-state index contributed by atoms with van der Waals surface area (Å²) in [6.45, 7) is 1.86. The molecule has 0 aliphatic heterocycles. The zero-order valence-electron chi connectivity index (χ0n) is 5.65. The van der Waals surface area contributed by atoms with Crippen LogP contribution in [0.5, 0.6) is 0 Å². The van der Waals surface area contributed by atoms with E-state index in [2.05, 4.69) is 16.6 Å². The van der Waals surface area contributed by atoms with Crippen molar-refractivity contribution in [3.63, 3.8) is 0 Å². The minimum Gasteiger partial charge on any atom is -0.322 e. The molecule has 0 fully saturated rings. The molecule has 0 rings (SSSR count). The van der Waals surface area contributed by atoms with Gasteiger partial charge in [-0.25, -0.2) is 0 Å². The van der Waals surface area contributed by atoms with Gasteiger partial charge in [-0.15, -0.1) is 6.58 Å². The number of hydrogen-bond donors (Lipinski definition) is 1. The summed E-state index contributed by atoms with van der Waals surface area (Å²) in [7, 11) is 0. The molecule has 0 heterocycles. The highest BCUT2D eigenvalue weighted by Crippen LogP contribution is 1.91. The van der Waals surface area contributed by atoms with Gasteiger partial charge in [0, 0.05) is 13.1 Å². The van der Waals surface area contributed by atoms with E-state index in [4.69, 9.17) is 0 Å². The molecule has 60 valence electrons. The van der Waals surface area contributed by atoms with E-state index < -0.39 is 6.61 Å². The minimum absolute atomic E-state index is 0.0332. The molecule has 0 radical (unpaired) electrons. The Morgan fingerprint density at radius 1 is 1.60 bits per heavy atom. The van der Waals surface area contributed by atoms with Crippen LogP contribution in [0, 0.1) is 0 Å². The first-order valence-corrected chi connectivity index (χ1v) is 2.98. The highest BCUT2D eigenvalue weighted by Gasteiger charge is 1.98. The van der Waals surface area contributed by atoms with Gasteiger partial charge in [0.2, 0.25) is 0 Å². The lowest BCUT2D eigenvalue weighted by Crippen LogP contribution is -2.20. The lowest BCUT2D eigenvalue weighted by atomic mass is 10.6. The molecule has 0 aromatic rings. The Labute approximate surface area is 58.9 Å². The fourth-order valence-electron chi connectivity index (χ4n) is 0.424. The second-order valence-electron chi connectivity index (χ2n) is 1.62. The van der Waals surface area contributed by atoms with Gasteiger partial charge in [-0.3, -0.25) is 0 Å². The minimum atomic E-state index is -2.66. The Kier molecular flexibility index (Phi) is 6.32. The molecule has 0 aromatic heterocycles. The summed E-state index contributed by atoms with van der Waals surface area (Å²) in [5, 5.41) is 2.81. The molecule has 0 aromatic carbocycles. The third kappa shape index (κ3) is 7.52. The molecule has 0 atom stereocenters. The molecule has 0 amide bonds. The second-order valence-corrected chi connectivity index (χ2v) is 1.62. The van der Waals surface area contributed by atoms with E-state index in [0.29, 0.717) is 13.1 Å². The highest BCUT2D eigenvalue weighted by molar-refractivity contribution is 4.68.